The normalized spacial score (nSPS) is 21.2. The number of nitrogens with zero attached hydrogens (tertiary/aromatic N) is 1. The number of rotatable bonds is 6. The molecule has 0 amide bonds. The second kappa shape index (κ2) is 7.00. The SMILES string of the molecule is NCCc1ccc(S(=O)(=O)N2CCCC(CCO)C2)s1. The lowest BCUT2D eigenvalue weighted by Crippen LogP contribution is -2.39. The molecule has 0 saturated carbocycles. The predicted octanol–water partition coefficient (Wildman–Crippen LogP) is 1.03. The van der Waals surface area contributed by atoms with Gasteiger partial charge in [-0.2, -0.15) is 4.31 Å². The third kappa shape index (κ3) is 3.59. The molecule has 1 fully saturated rings. The van der Waals surface area contributed by atoms with Gasteiger partial charge in [0.05, 0.1) is 0 Å². The molecule has 5 nitrogen and oxygen atoms in total. The van der Waals surface area contributed by atoms with E-state index in [0.717, 1.165) is 17.7 Å². The highest BCUT2D eigenvalue weighted by atomic mass is 32.2. The van der Waals surface area contributed by atoms with Crippen LogP contribution >= 0.6 is 11.3 Å². The maximum absolute atomic E-state index is 12.6. The van der Waals surface area contributed by atoms with Gasteiger partial charge in [0.25, 0.3) is 10.0 Å². The van der Waals surface area contributed by atoms with Gasteiger partial charge in [-0.05, 0) is 50.3 Å². The first-order valence-corrected chi connectivity index (χ1v) is 9.23. The highest BCUT2D eigenvalue weighted by Crippen LogP contribution is 2.29. The second-order valence-electron chi connectivity index (χ2n) is 5.14. The summed E-state index contributed by atoms with van der Waals surface area (Å²) in [6, 6.07) is 3.53. The van der Waals surface area contributed by atoms with E-state index in [1.165, 1.54) is 11.3 Å². The molecule has 1 aromatic rings. The predicted molar refractivity (Wildman–Crippen MR) is 80.3 cm³/mol. The van der Waals surface area contributed by atoms with Crippen LogP contribution in [-0.2, 0) is 16.4 Å². The summed E-state index contributed by atoms with van der Waals surface area (Å²) < 4.78 is 27.2. The highest BCUT2D eigenvalue weighted by molar-refractivity contribution is 7.91. The largest absolute Gasteiger partial charge is 0.396 e. The maximum Gasteiger partial charge on any atom is 0.252 e. The van der Waals surface area contributed by atoms with Gasteiger partial charge in [-0.15, -0.1) is 11.3 Å². The molecule has 1 unspecified atom stereocenters. The van der Waals surface area contributed by atoms with Crippen molar-refractivity contribution in [3.05, 3.63) is 17.0 Å². The van der Waals surface area contributed by atoms with Gasteiger partial charge in [0.1, 0.15) is 4.21 Å². The van der Waals surface area contributed by atoms with Gasteiger partial charge in [0.15, 0.2) is 0 Å². The fourth-order valence-corrected chi connectivity index (χ4v) is 5.64. The number of aliphatic hydroxyl groups is 1. The van der Waals surface area contributed by atoms with E-state index in [-0.39, 0.29) is 12.5 Å². The molecule has 0 aliphatic carbocycles. The molecular formula is C13H22N2O3S2. The smallest absolute Gasteiger partial charge is 0.252 e. The van der Waals surface area contributed by atoms with Gasteiger partial charge in [0.2, 0.25) is 0 Å². The first-order valence-electron chi connectivity index (χ1n) is 6.97. The van der Waals surface area contributed by atoms with E-state index in [2.05, 4.69) is 0 Å². The zero-order valence-electron chi connectivity index (χ0n) is 11.5. The van der Waals surface area contributed by atoms with Gasteiger partial charge >= 0.3 is 0 Å². The third-order valence-electron chi connectivity index (χ3n) is 3.64. The van der Waals surface area contributed by atoms with Crippen LogP contribution in [0.2, 0.25) is 0 Å². The summed E-state index contributed by atoms with van der Waals surface area (Å²) in [5.74, 6) is 0.270. The summed E-state index contributed by atoms with van der Waals surface area (Å²) in [6.07, 6.45) is 3.25. The monoisotopic (exact) mass is 318 g/mol. The molecule has 114 valence electrons. The third-order valence-corrected chi connectivity index (χ3v) is 7.12. The lowest BCUT2D eigenvalue weighted by Gasteiger charge is -2.31. The van der Waals surface area contributed by atoms with Crippen molar-refractivity contribution >= 4 is 21.4 Å². The van der Waals surface area contributed by atoms with Crippen molar-refractivity contribution in [2.24, 2.45) is 11.7 Å². The molecule has 20 heavy (non-hydrogen) atoms. The van der Waals surface area contributed by atoms with Crippen LogP contribution in [0.1, 0.15) is 24.1 Å². The van der Waals surface area contributed by atoms with Crippen molar-refractivity contribution in [2.45, 2.75) is 29.9 Å². The molecule has 0 spiro atoms. The molecule has 1 atom stereocenters. The quantitative estimate of drug-likeness (QED) is 0.820. The molecule has 1 aliphatic heterocycles. The number of nitrogens with two attached hydrogens (primary N) is 1. The van der Waals surface area contributed by atoms with Crippen molar-refractivity contribution in [1.29, 1.82) is 0 Å². The van der Waals surface area contributed by atoms with Gasteiger partial charge in [-0.3, -0.25) is 0 Å². The van der Waals surface area contributed by atoms with E-state index in [1.807, 2.05) is 6.07 Å². The van der Waals surface area contributed by atoms with Crippen molar-refractivity contribution in [1.82, 2.24) is 4.31 Å². The number of aliphatic hydroxyl groups excluding tert-OH is 1. The molecule has 1 saturated heterocycles. The highest BCUT2D eigenvalue weighted by Gasteiger charge is 2.30. The average molecular weight is 318 g/mol. The van der Waals surface area contributed by atoms with Crippen LogP contribution < -0.4 is 5.73 Å². The summed E-state index contributed by atoms with van der Waals surface area (Å²) >= 11 is 1.31. The Morgan fingerprint density at radius 2 is 2.25 bits per heavy atom. The summed E-state index contributed by atoms with van der Waals surface area (Å²) in [6.45, 7) is 1.75. The maximum atomic E-state index is 12.6. The van der Waals surface area contributed by atoms with Crippen molar-refractivity contribution < 1.29 is 13.5 Å². The number of sulfonamides is 1. The van der Waals surface area contributed by atoms with E-state index in [4.69, 9.17) is 10.8 Å². The van der Waals surface area contributed by atoms with E-state index >= 15 is 0 Å². The summed E-state index contributed by atoms with van der Waals surface area (Å²) in [5.41, 5.74) is 5.50. The topological polar surface area (TPSA) is 83.6 Å². The van der Waals surface area contributed by atoms with Crippen LogP contribution in [0.3, 0.4) is 0 Å². The lowest BCUT2D eigenvalue weighted by molar-refractivity contribution is 0.203. The van der Waals surface area contributed by atoms with Gasteiger partial charge in [-0.1, -0.05) is 0 Å². The second-order valence-corrected chi connectivity index (χ2v) is 8.48. The molecule has 3 N–H and O–H groups in total. The Bertz CT molecular complexity index is 525. The molecular weight excluding hydrogens is 296 g/mol. The molecule has 1 aliphatic rings. The molecule has 1 aromatic heterocycles. The molecule has 0 aromatic carbocycles. The molecule has 2 heterocycles. The lowest BCUT2D eigenvalue weighted by atomic mass is 9.97. The van der Waals surface area contributed by atoms with Crippen molar-refractivity contribution in [2.75, 3.05) is 26.2 Å². The fourth-order valence-electron chi connectivity index (χ4n) is 2.56. The Kier molecular flexibility index (Phi) is 5.57. The molecule has 0 radical (unpaired) electrons. The minimum atomic E-state index is -3.38. The summed E-state index contributed by atoms with van der Waals surface area (Å²) in [5, 5.41) is 9.01. The number of thiophene rings is 1. The van der Waals surface area contributed by atoms with Crippen molar-refractivity contribution in [3.63, 3.8) is 0 Å². The Labute approximate surface area is 124 Å². The van der Waals surface area contributed by atoms with Crippen LogP contribution in [0, 0.1) is 5.92 Å². The Hall–Kier alpha value is -0.470. The van der Waals surface area contributed by atoms with Crippen LogP contribution in [-0.4, -0.2) is 44.1 Å². The molecule has 0 bridgehead atoms. The van der Waals surface area contributed by atoms with E-state index in [0.29, 0.717) is 36.7 Å². The minimum absolute atomic E-state index is 0.123. The van der Waals surface area contributed by atoms with E-state index in [9.17, 15) is 8.42 Å². The van der Waals surface area contributed by atoms with Crippen LogP contribution in [0.5, 0.6) is 0 Å². The van der Waals surface area contributed by atoms with Gasteiger partial charge < -0.3 is 10.8 Å². The molecule has 7 heteroatoms. The Morgan fingerprint density at radius 1 is 1.45 bits per heavy atom. The van der Waals surface area contributed by atoms with Crippen LogP contribution in [0.15, 0.2) is 16.3 Å². The Morgan fingerprint density at radius 3 is 2.95 bits per heavy atom. The zero-order chi connectivity index (χ0) is 14.6. The summed E-state index contributed by atoms with van der Waals surface area (Å²) in [4.78, 5) is 1.01. The summed E-state index contributed by atoms with van der Waals surface area (Å²) in [7, 11) is -3.38. The van der Waals surface area contributed by atoms with Crippen LogP contribution in [0.25, 0.3) is 0 Å². The average Bonchev–Trinajstić information content (AvgIpc) is 2.89. The van der Waals surface area contributed by atoms with E-state index < -0.39 is 10.0 Å². The number of hydrogen-bond acceptors (Lipinski definition) is 5. The van der Waals surface area contributed by atoms with Gasteiger partial charge in [0, 0.05) is 24.6 Å². The fraction of sp³-hybridized carbons (Fsp3) is 0.692. The Balaban J connectivity index is 2.12. The van der Waals surface area contributed by atoms with E-state index in [1.54, 1.807) is 10.4 Å². The minimum Gasteiger partial charge on any atom is -0.396 e. The first-order chi connectivity index (χ1) is 9.57. The number of piperidine rings is 1. The standard InChI is InChI=1S/C13H22N2O3S2/c14-7-5-12-3-4-13(19-12)20(17,18)15-8-1-2-11(10-15)6-9-16/h3-4,11,16H,1-2,5-10,14H2. The zero-order valence-corrected chi connectivity index (χ0v) is 13.1. The molecule has 2 rings (SSSR count). The van der Waals surface area contributed by atoms with Gasteiger partial charge in [-0.25, -0.2) is 8.42 Å². The first kappa shape index (κ1) is 15.9. The van der Waals surface area contributed by atoms with Crippen molar-refractivity contribution in [3.8, 4) is 0 Å². The number of hydrogen-bond donors (Lipinski definition) is 2. The van der Waals surface area contributed by atoms with Crippen LogP contribution in [0.4, 0.5) is 0 Å².